The number of anilines is 1. The smallest absolute Gasteiger partial charge is 0.161 e. The van der Waals surface area contributed by atoms with E-state index in [9.17, 15) is 30.6 Å². The largest absolute Gasteiger partial charge is 0.507 e. The zero-order valence-corrected chi connectivity index (χ0v) is 19.0. The number of aromatic hydroxyl groups is 6. The van der Waals surface area contributed by atoms with Crippen molar-refractivity contribution in [3.05, 3.63) is 65.7 Å². The van der Waals surface area contributed by atoms with Gasteiger partial charge in [0, 0.05) is 33.2 Å². The Hall–Kier alpha value is -4.78. The van der Waals surface area contributed by atoms with Crippen LogP contribution in [0.5, 0.6) is 34.5 Å². The lowest BCUT2D eigenvalue weighted by Gasteiger charge is -2.20. The second-order valence-electron chi connectivity index (χ2n) is 8.63. The first kappa shape index (κ1) is 22.0. The number of phenolic OH excluding ortho intramolecular Hbond substituents is 6. The van der Waals surface area contributed by atoms with Crippen molar-refractivity contribution < 1.29 is 30.6 Å². The maximum atomic E-state index is 11.5. The van der Waals surface area contributed by atoms with Gasteiger partial charge in [0.15, 0.2) is 23.0 Å². The number of fused-ring (bicyclic) bond motifs is 2. The third kappa shape index (κ3) is 3.13. The normalized spacial score (nSPS) is 11.4. The van der Waals surface area contributed by atoms with E-state index < -0.39 is 11.5 Å². The van der Waals surface area contributed by atoms with E-state index in [-0.39, 0.29) is 50.6 Å². The Bertz CT molecular complexity index is 1680. The molecule has 0 fully saturated rings. The summed E-state index contributed by atoms with van der Waals surface area (Å²) in [4.78, 5) is 0. The van der Waals surface area contributed by atoms with Gasteiger partial charge in [-0.3, -0.25) is 0 Å². The van der Waals surface area contributed by atoms with Gasteiger partial charge in [-0.1, -0.05) is 30.3 Å². The summed E-state index contributed by atoms with van der Waals surface area (Å²) in [6, 6.07) is 15.0. The quantitative estimate of drug-likeness (QED) is 0.128. The Morgan fingerprint density at radius 3 is 1.57 bits per heavy atom. The number of nitrogens with two attached hydrogens (primary N) is 1. The van der Waals surface area contributed by atoms with E-state index in [4.69, 9.17) is 5.73 Å². The van der Waals surface area contributed by atoms with Gasteiger partial charge in [0.05, 0.1) is 5.56 Å². The van der Waals surface area contributed by atoms with Crippen LogP contribution in [-0.4, -0.2) is 30.6 Å². The van der Waals surface area contributed by atoms with E-state index in [1.807, 2.05) is 30.3 Å². The first-order valence-corrected chi connectivity index (χ1v) is 10.9. The van der Waals surface area contributed by atoms with Crippen molar-refractivity contribution >= 4 is 27.2 Å². The van der Waals surface area contributed by atoms with E-state index in [1.54, 1.807) is 26.0 Å². The average Bonchev–Trinajstić information content (AvgIpc) is 2.84. The highest BCUT2D eigenvalue weighted by Crippen LogP contribution is 2.53. The van der Waals surface area contributed by atoms with Crippen molar-refractivity contribution in [1.82, 2.24) is 0 Å². The molecular weight excluding hydrogens is 446 g/mol. The topological polar surface area (TPSA) is 147 Å². The van der Waals surface area contributed by atoms with Gasteiger partial charge in [0.25, 0.3) is 0 Å². The van der Waals surface area contributed by atoms with Crippen LogP contribution in [0, 0.1) is 13.8 Å². The number of benzene rings is 5. The van der Waals surface area contributed by atoms with Crippen molar-refractivity contribution in [3.8, 4) is 56.8 Å². The minimum atomic E-state index is -0.400. The summed E-state index contributed by atoms with van der Waals surface area (Å²) in [6.45, 7) is 3.22. The Labute approximate surface area is 200 Å². The summed E-state index contributed by atoms with van der Waals surface area (Å²) in [5, 5.41) is 65.2. The molecule has 0 heterocycles. The summed E-state index contributed by atoms with van der Waals surface area (Å²) in [7, 11) is 0. The highest BCUT2D eigenvalue weighted by Gasteiger charge is 2.25. The molecule has 0 aliphatic heterocycles. The van der Waals surface area contributed by atoms with Gasteiger partial charge >= 0.3 is 0 Å². The first-order chi connectivity index (χ1) is 16.6. The van der Waals surface area contributed by atoms with Crippen molar-refractivity contribution in [2.75, 3.05) is 5.73 Å². The van der Waals surface area contributed by atoms with Gasteiger partial charge in [-0.25, -0.2) is 0 Å². The zero-order valence-electron chi connectivity index (χ0n) is 19.0. The second kappa shape index (κ2) is 7.63. The Kier molecular flexibility index (Phi) is 4.80. The predicted molar refractivity (Wildman–Crippen MR) is 136 cm³/mol. The van der Waals surface area contributed by atoms with Crippen molar-refractivity contribution in [2.45, 2.75) is 13.8 Å². The SMILES string of the molecule is Cc1c(O)c(O)cc2c(O)c(-c3c(-c4ccccc4)cc4c(C)c(O)c(O)cc4c3O)c(N)cc12. The summed E-state index contributed by atoms with van der Waals surface area (Å²) in [5.41, 5.74) is 8.87. The molecule has 35 heavy (non-hydrogen) atoms. The van der Waals surface area contributed by atoms with Gasteiger partial charge in [0.2, 0.25) is 0 Å². The molecule has 7 heteroatoms. The molecular formula is C28H23NO6. The predicted octanol–water partition coefficient (Wildman–Crippen LogP) is 5.76. The van der Waals surface area contributed by atoms with Gasteiger partial charge in [-0.2, -0.15) is 0 Å². The molecule has 5 aromatic carbocycles. The molecule has 176 valence electrons. The highest BCUT2D eigenvalue weighted by atomic mass is 16.3. The molecule has 0 aliphatic rings. The summed E-state index contributed by atoms with van der Waals surface area (Å²) in [6.07, 6.45) is 0. The molecule has 0 spiro atoms. The molecule has 7 nitrogen and oxygen atoms in total. The lowest BCUT2D eigenvalue weighted by atomic mass is 9.86. The Morgan fingerprint density at radius 1 is 0.543 bits per heavy atom. The van der Waals surface area contributed by atoms with Crippen LogP contribution in [0.15, 0.2) is 54.6 Å². The molecule has 0 aliphatic carbocycles. The van der Waals surface area contributed by atoms with Crippen molar-refractivity contribution in [2.24, 2.45) is 0 Å². The van der Waals surface area contributed by atoms with E-state index in [0.717, 1.165) is 5.56 Å². The molecule has 0 atom stereocenters. The summed E-state index contributed by atoms with van der Waals surface area (Å²) < 4.78 is 0. The molecule has 0 unspecified atom stereocenters. The third-order valence-electron chi connectivity index (χ3n) is 6.61. The maximum absolute atomic E-state index is 11.5. The monoisotopic (exact) mass is 469 g/mol. The van der Waals surface area contributed by atoms with Gasteiger partial charge < -0.3 is 36.4 Å². The second-order valence-corrected chi connectivity index (χ2v) is 8.63. The number of hydrogen-bond acceptors (Lipinski definition) is 7. The van der Waals surface area contributed by atoms with Crippen LogP contribution in [0.2, 0.25) is 0 Å². The van der Waals surface area contributed by atoms with E-state index >= 15 is 0 Å². The Balaban J connectivity index is 1.99. The number of phenols is 6. The Morgan fingerprint density at radius 2 is 1.03 bits per heavy atom. The van der Waals surface area contributed by atoms with E-state index in [2.05, 4.69) is 0 Å². The van der Waals surface area contributed by atoms with Gasteiger partial charge in [-0.05, 0) is 60.0 Å². The van der Waals surface area contributed by atoms with Crippen molar-refractivity contribution in [1.29, 1.82) is 0 Å². The molecule has 0 saturated heterocycles. The lowest BCUT2D eigenvalue weighted by Crippen LogP contribution is -1.97. The molecule has 5 aromatic rings. The molecule has 8 N–H and O–H groups in total. The fraction of sp³-hybridized carbons (Fsp3) is 0.0714. The van der Waals surface area contributed by atoms with Gasteiger partial charge in [0.1, 0.15) is 11.5 Å². The van der Waals surface area contributed by atoms with Crippen molar-refractivity contribution in [3.63, 3.8) is 0 Å². The van der Waals surface area contributed by atoms with Crippen LogP contribution < -0.4 is 5.73 Å². The average molecular weight is 469 g/mol. The standard InChI is InChI=1S/C28H23NO6/c1-12-15-8-17(14-6-4-3-5-7-14)23(27(34)18(15)10-21(30)25(12)32)24-20(29)9-16-13(2)26(33)22(31)11-19(16)28(24)35/h3-11,30-35H,29H2,1-2H3. The van der Waals surface area contributed by atoms with E-state index in [0.29, 0.717) is 27.5 Å². The first-order valence-electron chi connectivity index (χ1n) is 10.9. The zero-order chi connectivity index (χ0) is 25.2. The van der Waals surface area contributed by atoms with E-state index in [1.165, 1.54) is 12.1 Å². The molecule has 0 radical (unpaired) electrons. The fourth-order valence-electron chi connectivity index (χ4n) is 4.71. The van der Waals surface area contributed by atoms with Crippen LogP contribution in [-0.2, 0) is 0 Å². The molecule has 0 aromatic heterocycles. The fourth-order valence-corrected chi connectivity index (χ4v) is 4.71. The maximum Gasteiger partial charge on any atom is 0.161 e. The van der Waals surface area contributed by atoms with Crippen LogP contribution in [0.3, 0.4) is 0 Å². The molecule has 0 bridgehead atoms. The minimum Gasteiger partial charge on any atom is -0.507 e. The number of rotatable bonds is 2. The van der Waals surface area contributed by atoms with Crippen LogP contribution in [0.4, 0.5) is 5.69 Å². The van der Waals surface area contributed by atoms with Crippen LogP contribution >= 0.6 is 0 Å². The summed E-state index contributed by atoms with van der Waals surface area (Å²) >= 11 is 0. The molecule has 5 rings (SSSR count). The van der Waals surface area contributed by atoms with Crippen LogP contribution in [0.25, 0.3) is 43.8 Å². The van der Waals surface area contributed by atoms with Gasteiger partial charge in [-0.15, -0.1) is 0 Å². The number of hydrogen-bond donors (Lipinski definition) is 7. The minimum absolute atomic E-state index is 0.130. The highest BCUT2D eigenvalue weighted by molar-refractivity contribution is 6.11. The third-order valence-corrected chi connectivity index (χ3v) is 6.61. The molecule has 0 amide bonds. The number of nitrogen functional groups attached to an aromatic ring is 1. The number of aryl methyl sites for hydroxylation is 2. The summed E-state index contributed by atoms with van der Waals surface area (Å²) in [5.74, 6) is -1.93. The molecule has 0 saturated carbocycles. The van der Waals surface area contributed by atoms with Crippen LogP contribution in [0.1, 0.15) is 11.1 Å². The lowest BCUT2D eigenvalue weighted by molar-refractivity contribution is 0.402.